The highest BCUT2D eigenvalue weighted by Crippen LogP contribution is 2.41. The first-order chi connectivity index (χ1) is 17.1. The summed E-state index contributed by atoms with van der Waals surface area (Å²) in [6, 6.07) is 9.52. The Balaban J connectivity index is 1.71. The highest BCUT2D eigenvalue weighted by molar-refractivity contribution is 6.35. The van der Waals surface area contributed by atoms with Crippen LogP contribution in [0, 0.1) is 0 Å². The van der Waals surface area contributed by atoms with Gasteiger partial charge in [-0.1, -0.05) is 29.3 Å². The summed E-state index contributed by atoms with van der Waals surface area (Å²) in [5, 5.41) is 10.4. The zero-order valence-corrected chi connectivity index (χ0v) is 19.4. The third kappa shape index (κ3) is 4.29. The average Bonchev–Trinajstić information content (AvgIpc) is 3.44. The lowest BCUT2D eigenvalue weighted by Gasteiger charge is -2.15. The number of phenolic OH excluding ortho intramolecular Hbond substituents is 1. The number of nitrogens with zero attached hydrogens (tertiary/aromatic N) is 4. The normalized spacial score (nSPS) is 11.8. The summed E-state index contributed by atoms with van der Waals surface area (Å²) in [7, 11) is 0. The first-order valence-corrected chi connectivity index (χ1v) is 11.0. The second-order valence-electron chi connectivity index (χ2n) is 7.70. The first kappa shape index (κ1) is 23.8. The Morgan fingerprint density at radius 2 is 1.89 bits per heavy atom. The molecule has 0 radical (unpaired) electrons. The number of alkyl halides is 3. The van der Waals surface area contributed by atoms with E-state index < -0.39 is 29.0 Å². The van der Waals surface area contributed by atoms with Crippen LogP contribution in [0.15, 0.2) is 65.6 Å². The molecule has 0 aliphatic heterocycles. The number of aromatic nitrogens is 4. The van der Waals surface area contributed by atoms with Gasteiger partial charge >= 0.3 is 6.18 Å². The molecule has 0 unspecified atom stereocenters. The van der Waals surface area contributed by atoms with Crippen LogP contribution in [-0.2, 0) is 12.7 Å². The fourth-order valence-corrected chi connectivity index (χ4v) is 4.36. The maximum Gasteiger partial charge on any atom is 0.432 e. The van der Waals surface area contributed by atoms with E-state index in [4.69, 9.17) is 27.6 Å². The summed E-state index contributed by atoms with van der Waals surface area (Å²) in [6.45, 7) is -0.317. The minimum absolute atomic E-state index is 0.0602. The molecule has 5 aromatic rings. The number of carbonyl (C=O) groups is 1. The Bertz CT molecular complexity index is 1610. The molecular weight excluding hydrogens is 520 g/mol. The molecule has 3 heterocycles. The molecule has 0 aliphatic rings. The second-order valence-corrected chi connectivity index (χ2v) is 8.54. The molecule has 12 heteroatoms. The monoisotopic (exact) mass is 532 g/mol. The van der Waals surface area contributed by atoms with Gasteiger partial charge in [0.25, 0.3) is 0 Å². The van der Waals surface area contributed by atoms with Crippen LogP contribution in [0.25, 0.3) is 22.5 Å². The maximum absolute atomic E-state index is 14.5. The Hall–Kier alpha value is -3.89. The van der Waals surface area contributed by atoms with Crippen molar-refractivity contribution in [3.63, 3.8) is 0 Å². The molecule has 7 nitrogen and oxygen atoms in total. The third-order valence-electron chi connectivity index (χ3n) is 5.42. The summed E-state index contributed by atoms with van der Waals surface area (Å²) < 4.78 is 49.9. The number of fused-ring (bicyclic) bond motifs is 1. The van der Waals surface area contributed by atoms with Crippen molar-refractivity contribution in [2.75, 3.05) is 0 Å². The summed E-state index contributed by atoms with van der Waals surface area (Å²) in [5.41, 5.74) is -1.26. The molecule has 0 aliphatic carbocycles. The Labute approximate surface area is 210 Å². The number of halogens is 5. The Kier molecular flexibility index (Phi) is 5.93. The lowest BCUT2D eigenvalue weighted by atomic mass is 10.0. The average molecular weight is 533 g/mol. The van der Waals surface area contributed by atoms with Gasteiger partial charge in [-0.25, -0.2) is 15.0 Å². The molecule has 0 fully saturated rings. The van der Waals surface area contributed by atoms with Gasteiger partial charge in [-0.3, -0.25) is 4.79 Å². The maximum atomic E-state index is 14.5. The molecule has 36 heavy (non-hydrogen) atoms. The highest BCUT2D eigenvalue weighted by atomic mass is 35.5. The molecule has 1 N–H and O–H groups in total. The van der Waals surface area contributed by atoms with Crippen molar-refractivity contribution < 1.29 is 27.5 Å². The summed E-state index contributed by atoms with van der Waals surface area (Å²) >= 11 is 12.2. The Morgan fingerprint density at radius 1 is 1.08 bits per heavy atom. The molecular formula is C24H13Cl2F3N4O3. The van der Waals surface area contributed by atoms with E-state index in [2.05, 4.69) is 15.0 Å². The number of phenols is 1. The zero-order valence-electron chi connectivity index (χ0n) is 17.9. The van der Waals surface area contributed by atoms with E-state index in [9.17, 15) is 23.1 Å². The predicted molar refractivity (Wildman–Crippen MR) is 125 cm³/mol. The van der Waals surface area contributed by atoms with Gasteiger partial charge in [0.1, 0.15) is 23.5 Å². The molecule has 182 valence electrons. The SMILES string of the molecule is O=C(c1cnc(-c2ccncn2)o1)c1c(C(F)(F)F)n(Cc2ccc(Cl)cc2Cl)c2ccc(O)cc12. The van der Waals surface area contributed by atoms with Gasteiger partial charge in [0, 0.05) is 33.7 Å². The van der Waals surface area contributed by atoms with Crippen molar-refractivity contribution in [1.82, 2.24) is 19.5 Å². The second kappa shape index (κ2) is 8.96. The molecule has 3 aromatic heterocycles. The lowest BCUT2D eigenvalue weighted by Crippen LogP contribution is -2.18. The van der Waals surface area contributed by atoms with Crippen molar-refractivity contribution in [2.24, 2.45) is 0 Å². The van der Waals surface area contributed by atoms with Crippen LogP contribution >= 0.6 is 23.2 Å². The van der Waals surface area contributed by atoms with E-state index in [0.717, 1.165) is 16.8 Å². The largest absolute Gasteiger partial charge is 0.508 e. The van der Waals surface area contributed by atoms with Crippen LogP contribution in [0.3, 0.4) is 0 Å². The smallest absolute Gasteiger partial charge is 0.432 e. The lowest BCUT2D eigenvalue weighted by molar-refractivity contribution is -0.143. The molecule has 0 saturated heterocycles. The van der Waals surface area contributed by atoms with Crippen LogP contribution in [0.1, 0.15) is 27.4 Å². The van der Waals surface area contributed by atoms with Crippen LogP contribution in [-0.4, -0.2) is 30.4 Å². The molecule has 5 rings (SSSR count). The molecule has 0 bridgehead atoms. The van der Waals surface area contributed by atoms with Gasteiger partial charge in [-0.2, -0.15) is 13.2 Å². The van der Waals surface area contributed by atoms with E-state index in [1.165, 1.54) is 48.9 Å². The number of aromatic hydroxyl groups is 1. The van der Waals surface area contributed by atoms with Crippen molar-refractivity contribution >= 4 is 39.9 Å². The first-order valence-electron chi connectivity index (χ1n) is 10.3. The van der Waals surface area contributed by atoms with Gasteiger partial charge in [0.15, 0.2) is 5.76 Å². The molecule has 2 aromatic carbocycles. The van der Waals surface area contributed by atoms with Gasteiger partial charge < -0.3 is 14.1 Å². The number of benzene rings is 2. The summed E-state index contributed by atoms with van der Waals surface area (Å²) in [4.78, 5) is 25.2. The fraction of sp³-hybridized carbons (Fsp3) is 0.0833. The van der Waals surface area contributed by atoms with E-state index in [1.807, 2.05) is 0 Å². The fourth-order valence-electron chi connectivity index (χ4n) is 3.89. The summed E-state index contributed by atoms with van der Waals surface area (Å²) in [5.74, 6) is -1.87. The van der Waals surface area contributed by atoms with Gasteiger partial charge in [-0.05, 0) is 42.0 Å². The molecule has 0 atom stereocenters. The highest BCUT2D eigenvalue weighted by Gasteiger charge is 2.42. The van der Waals surface area contributed by atoms with E-state index >= 15 is 0 Å². The quantitative estimate of drug-likeness (QED) is 0.263. The van der Waals surface area contributed by atoms with Gasteiger partial charge in [-0.15, -0.1) is 0 Å². The van der Waals surface area contributed by atoms with Crippen LogP contribution in [0.2, 0.25) is 10.0 Å². The molecule has 0 saturated carbocycles. The third-order valence-corrected chi connectivity index (χ3v) is 6.00. The van der Waals surface area contributed by atoms with Crippen molar-refractivity contribution in [3.05, 3.63) is 93.8 Å². The number of oxazole rings is 1. The van der Waals surface area contributed by atoms with Crippen LogP contribution in [0.4, 0.5) is 13.2 Å². The topological polar surface area (TPSA) is 94.0 Å². The molecule has 0 spiro atoms. The number of rotatable bonds is 5. The predicted octanol–water partition coefficient (Wildman–Crippen LogP) is 6.40. The number of carbonyl (C=O) groups excluding carboxylic acids is 1. The summed E-state index contributed by atoms with van der Waals surface area (Å²) in [6.07, 6.45) is -1.26. The van der Waals surface area contributed by atoms with Crippen LogP contribution in [0.5, 0.6) is 5.75 Å². The van der Waals surface area contributed by atoms with Crippen LogP contribution < -0.4 is 0 Å². The minimum atomic E-state index is -4.95. The minimum Gasteiger partial charge on any atom is -0.508 e. The van der Waals surface area contributed by atoms with Gasteiger partial charge in [0.2, 0.25) is 11.7 Å². The van der Waals surface area contributed by atoms with Crippen molar-refractivity contribution in [2.45, 2.75) is 12.7 Å². The zero-order chi connectivity index (χ0) is 25.6. The number of ketones is 1. The van der Waals surface area contributed by atoms with E-state index in [-0.39, 0.29) is 39.8 Å². The van der Waals surface area contributed by atoms with Crippen molar-refractivity contribution in [1.29, 1.82) is 0 Å². The van der Waals surface area contributed by atoms with E-state index in [1.54, 1.807) is 0 Å². The number of hydrogen-bond donors (Lipinski definition) is 1. The molecule has 0 amide bonds. The van der Waals surface area contributed by atoms with Gasteiger partial charge in [0.05, 0.1) is 11.8 Å². The van der Waals surface area contributed by atoms with E-state index in [0.29, 0.717) is 10.6 Å². The number of hydrogen-bond acceptors (Lipinski definition) is 6. The standard InChI is InChI=1S/C24H13Cl2F3N4O3/c25-13-2-1-12(16(26)7-13)10-33-18-4-3-14(34)8-15(18)20(22(33)24(27,28)29)21(35)19-9-31-23(36-19)17-5-6-30-11-32-17/h1-9,11,34H,10H2. The Morgan fingerprint density at radius 3 is 2.58 bits per heavy atom. The van der Waals surface area contributed by atoms with Crippen molar-refractivity contribution in [3.8, 4) is 17.3 Å².